The van der Waals surface area contributed by atoms with E-state index < -0.39 is 6.10 Å². The van der Waals surface area contributed by atoms with Gasteiger partial charge in [-0.05, 0) is 76.5 Å². The molecular formula is C24H36N4O3. The molecule has 1 aliphatic rings. The lowest BCUT2D eigenvalue weighted by molar-refractivity contribution is 0.180. The van der Waals surface area contributed by atoms with E-state index in [0.29, 0.717) is 19.0 Å². The summed E-state index contributed by atoms with van der Waals surface area (Å²) in [5, 5.41) is 17.1. The van der Waals surface area contributed by atoms with E-state index in [1.165, 1.54) is 12.8 Å². The highest BCUT2D eigenvalue weighted by Crippen LogP contribution is 2.25. The number of benzene rings is 1. The zero-order valence-corrected chi connectivity index (χ0v) is 18.9. The Morgan fingerprint density at radius 2 is 1.90 bits per heavy atom. The van der Waals surface area contributed by atoms with Gasteiger partial charge >= 0.3 is 0 Å². The smallest absolute Gasteiger partial charge is 0.191 e. The molecule has 0 saturated carbocycles. The van der Waals surface area contributed by atoms with E-state index in [9.17, 15) is 5.11 Å². The predicted octanol–water partition coefficient (Wildman–Crippen LogP) is 3.49. The molecule has 2 atom stereocenters. The molecule has 7 nitrogen and oxygen atoms in total. The zero-order valence-electron chi connectivity index (χ0n) is 18.9. The van der Waals surface area contributed by atoms with Gasteiger partial charge in [0.15, 0.2) is 5.96 Å². The molecule has 0 amide bonds. The monoisotopic (exact) mass is 428 g/mol. The second kappa shape index (κ2) is 11.8. The topological polar surface area (TPSA) is 82.3 Å². The Hall–Kier alpha value is -2.51. The van der Waals surface area contributed by atoms with Gasteiger partial charge in [-0.25, -0.2) is 0 Å². The van der Waals surface area contributed by atoms with Crippen molar-refractivity contribution in [2.45, 2.75) is 51.9 Å². The quantitative estimate of drug-likeness (QED) is 0.397. The van der Waals surface area contributed by atoms with Crippen LogP contribution in [-0.4, -0.2) is 54.8 Å². The summed E-state index contributed by atoms with van der Waals surface area (Å²) in [6, 6.07) is 11.7. The summed E-state index contributed by atoms with van der Waals surface area (Å²) < 4.78 is 11.4. The third-order valence-corrected chi connectivity index (χ3v) is 5.32. The molecule has 3 rings (SSSR count). The second-order valence-electron chi connectivity index (χ2n) is 8.13. The first kappa shape index (κ1) is 23.2. The first-order chi connectivity index (χ1) is 15.1. The summed E-state index contributed by atoms with van der Waals surface area (Å²) >= 11 is 0. The van der Waals surface area contributed by atoms with Gasteiger partial charge in [0.1, 0.15) is 11.5 Å². The molecule has 2 aromatic rings. The van der Waals surface area contributed by atoms with Gasteiger partial charge in [-0.1, -0.05) is 12.1 Å². The van der Waals surface area contributed by atoms with E-state index in [-0.39, 0.29) is 12.1 Å². The van der Waals surface area contributed by atoms with E-state index in [1.54, 1.807) is 6.26 Å². The number of ether oxygens (including phenoxy) is 1. The van der Waals surface area contributed by atoms with Gasteiger partial charge in [-0.2, -0.15) is 0 Å². The number of guanidine groups is 1. The highest BCUT2D eigenvalue weighted by molar-refractivity contribution is 5.79. The fourth-order valence-electron chi connectivity index (χ4n) is 3.79. The molecular weight excluding hydrogens is 392 g/mol. The lowest BCUT2D eigenvalue weighted by atomic mass is 10.1. The van der Waals surface area contributed by atoms with Gasteiger partial charge in [0.2, 0.25) is 0 Å². The minimum absolute atomic E-state index is 0.127. The molecule has 0 radical (unpaired) electrons. The van der Waals surface area contributed by atoms with Crippen molar-refractivity contribution in [1.29, 1.82) is 0 Å². The van der Waals surface area contributed by atoms with Gasteiger partial charge in [0.05, 0.1) is 31.1 Å². The van der Waals surface area contributed by atoms with Crippen LogP contribution in [0.25, 0.3) is 0 Å². The zero-order chi connectivity index (χ0) is 22.1. The van der Waals surface area contributed by atoms with Crippen molar-refractivity contribution >= 4 is 5.96 Å². The summed E-state index contributed by atoms with van der Waals surface area (Å²) in [5.74, 6) is 2.45. The predicted molar refractivity (Wildman–Crippen MR) is 123 cm³/mol. The number of rotatable bonds is 10. The van der Waals surface area contributed by atoms with Gasteiger partial charge in [-0.3, -0.25) is 9.89 Å². The number of furan rings is 1. The van der Waals surface area contributed by atoms with Crippen molar-refractivity contribution in [3.8, 4) is 5.75 Å². The Bertz CT molecular complexity index is 784. The lowest BCUT2D eigenvalue weighted by Crippen LogP contribution is -2.40. The van der Waals surface area contributed by atoms with Crippen molar-refractivity contribution in [2.24, 2.45) is 4.99 Å². The SMILES string of the molecule is CCNC(=NCC(c1ccco1)N1CCCC1)NCC(O)c1ccc(OC(C)C)cc1. The Kier molecular flexibility index (Phi) is 8.79. The molecule has 1 aliphatic heterocycles. The number of hydrogen-bond acceptors (Lipinski definition) is 5. The normalized spacial score (nSPS) is 17.0. The molecule has 31 heavy (non-hydrogen) atoms. The van der Waals surface area contributed by atoms with E-state index in [4.69, 9.17) is 14.1 Å². The van der Waals surface area contributed by atoms with Crippen molar-refractivity contribution < 1.29 is 14.3 Å². The molecule has 7 heteroatoms. The summed E-state index contributed by atoms with van der Waals surface area (Å²) in [6.45, 7) is 9.87. The second-order valence-corrected chi connectivity index (χ2v) is 8.13. The summed E-state index contributed by atoms with van der Waals surface area (Å²) in [5.41, 5.74) is 0.838. The number of nitrogens with one attached hydrogen (secondary N) is 2. The number of aliphatic imine (C=N–C) groups is 1. The van der Waals surface area contributed by atoms with Gasteiger partial charge < -0.3 is 24.9 Å². The number of hydrogen-bond donors (Lipinski definition) is 3. The van der Waals surface area contributed by atoms with Crippen LogP contribution in [0.4, 0.5) is 0 Å². The molecule has 1 aromatic carbocycles. The van der Waals surface area contributed by atoms with E-state index in [0.717, 1.165) is 36.7 Å². The van der Waals surface area contributed by atoms with Crippen LogP contribution < -0.4 is 15.4 Å². The van der Waals surface area contributed by atoms with Gasteiger partial charge in [0.25, 0.3) is 0 Å². The molecule has 1 fully saturated rings. The molecule has 2 unspecified atom stereocenters. The van der Waals surface area contributed by atoms with Crippen LogP contribution in [0.3, 0.4) is 0 Å². The highest BCUT2D eigenvalue weighted by Gasteiger charge is 2.25. The van der Waals surface area contributed by atoms with E-state index in [2.05, 4.69) is 15.5 Å². The molecule has 2 heterocycles. The standard InChI is InChI=1S/C24H36N4O3/c1-4-25-24(26-16-21(23-8-7-15-30-23)28-13-5-6-14-28)27-17-22(29)19-9-11-20(12-10-19)31-18(2)3/h7-12,15,18,21-22,29H,4-6,13-14,16-17H2,1-3H3,(H2,25,26,27). The average molecular weight is 429 g/mol. The maximum Gasteiger partial charge on any atom is 0.191 e. The van der Waals surface area contributed by atoms with Gasteiger partial charge in [0, 0.05) is 13.1 Å². The Labute approximate surface area is 185 Å². The minimum Gasteiger partial charge on any atom is -0.491 e. The molecule has 170 valence electrons. The Morgan fingerprint density at radius 1 is 1.16 bits per heavy atom. The van der Waals surface area contributed by atoms with E-state index >= 15 is 0 Å². The Morgan fingerprint density at radius 3 is 2.52 bits per heavy atom. The van der Waals surface area contributed by atoms with Crippen molar-refractivity contribution in [2.75, 3.05) is 32.7 Å². The minimum atomic E-state index is -0.642. The van der Waals surface area contributed by atoms with Crippen molar-refractivity contribution in [1.82, 2.24) is 15.5 Å². The average Bonchev–Trinajstić information content (AvgIpc) is 3.47. The van der Waals surface area contributed by atoms with Crippen molar-refractivity contribution in [3.05, 3.63) is 54.0 Å². The van der Waals surface area contributed by atoms with Crippen LogP contribution in [-0.2, 0) is 0 Å². The summed E-state index contributed by atoms with van der Waals surface area (Å²) in [4.78, 5) is 7.22. The van der Waals surface area contributed by atoms with Crippen LogP contribution in [0.15, 0.2) is 52.1 Å². The highest BCUT2D eigenvalue weighted by atomic mass is 16.5. The third kappa shape index (κ3) is 7.01. The summed E-state index contributed by atoms with van der Waals surface area (Å²) in [7, 11) is 0. The number of aliphatic hydroxyl groups is 1. The molecule has 0 spiro atoms. The molecule has 3 N–H and O–H groups in total. The fourth-order valence-corrected chi connectivity index (χ4v) is 3.79. The van der Waals surface area contributed by atoms with Crippen LogP contribution >= 0.6 is 0 Å². The lowest BCUT2D eigenvalue weighted by Gasteiger charge is -2.25. The largest absolute Gasteiger partial charge is 0.491 e. The maximum atomic E-state index is 10.6. The number of likely N-dealkylation sites (tertiary alicyclic amines) is 1. The molecule has 1 aromatic heterocycles. The number of nitrogens with zero attached hydrogens (tertiary/aromatic N) is 2. The van der Waals surface area contributed by atoms with Crippen LogP contribution in [0.1, 0.15) is 57.1 Å². The van der Waals surface area contributed by atoms with Crippen molar-refractivity contribution in [3.63, 3.8) is 0 Å². The first-order valence-corrected chi connectivity index (χ1v) is 11.3. The van der Waals surface area contributed by atoms with Crippen LogP contribution in [0.5, 0.6) is 5.75 Å². The maximum absolute atomic E-state index is 10.6. The fraction of sp³-hybridized carbons (Fsp3) is 0.542. The van der Waals surface area contributed by atoms with Gasteiger partial charge in [-0.15, -0.1) is 0 Å². The molecule has 0 bridgehead atoms. The molecule has 1 saturated heterocycles. The summed E-state index contributed by atoms with van der Waals surface area (Å²) in [6.07, 6.45) is 3.64. The molecule has 0 aliphatic carbocycles. The number of aliphatic hydroxyl groups excluding tert-OH is 1. The Balaban J connectivity index is 1.59. The third-order valence-electron chi connectivity index (χ3n) is 5.32. The van der Waals surface area contributed by atoms with Crippen LogP contribution in [0.2, 0.25) is 0 Å². The first-order valence-electron chi connectivity index (χ1n) is 11.3. The van der Waals surface area contributed by atoms with Crippen LogP contribution in [0, 0.1) is 0 Å². The van der Waals surface area contributed by atoms with E-state index in [1.807, 2.05) is 57.2 Å².